The zero-order valence-electron chi connectivity index (χ0n) is 11.6. The van der Waals surface area contributed by atoms with E-state index in [1.807, 2.05) is 24.4 Å². The van der Waals surface area contributed by atoms with Gasteiger partial charge in [0.2, 0.25) is 0 Å². The molecule has 0 atom stereocenters. The molecule has 3 N–H and O–H groups in total. The van der Waals surface area contributed by atoms with Crippen molar-refractivity contribution in [2.75, 3.05) is 30.8 Å². The Labute approximate surface area is 119 Å². The van der Waals surface area contributed by atoms with Crippen molar-refractivity contribution in [3.63, 3.8) is 0 Å². The van der Waals surface area contributed by atoms with E-state index < -0.39 is 0 Å². The van der Waals surface area contributed by atoms with Gasteiger partial charge in [-0.1, -0.05) is 6.07 Å². The van der Waals surface area contributed by atoms with Crippen LogP contribution in [-0.4, -0.2) is 24.7 Å². The molecule has 0 aliphatic heterocycles. The summed E-state index contributed by atoms with van der Waals surface area (Å²) in [5, 5.41) is 5.51. The SMILES string of the molecule is Nc1c(NCCCOCC2CC2)ccc2cnccc12. The number of hydrogen-bond acceptors (Lipinski definition) is 4. The molecule has 0 bridgehead atoms. The Morgan fingerprint density at radius 1 is 1.30 bits per heavy atom. The van der Waals surface area contributed by atoms with Crippen LogP contribution in [0.2, 0.25) is 0 Å². The van der Waals surface area contributed by atoms with Gasteiger partial charge in [-0.25, -0.2) is 0 Å². The molecular formula is C16H21N3O. The number of nitrogens with two attached hydrogens (primary N) is 1. The predicted molar refractivity (Wildman–Crippen MR) is 82.8 cm³/mol. The number of hydrogen-bond donors (Lipinski definition) is 2. The molecule has 1 saturated carbocycles. The number of nitrogens with zero attached hydrogens (tertiary/aromatic N) is 1. The van der Waals surface area contributed by atoms with Gasteiger partial charge in [-0.3, -0.25) is 4.98 Å². The lowest BCUT2D eigenvalue weighted by Gasteiger charge is -2.11. The maximum Gasteiger partial charge on any atom is 0.0630 e. The summed E-state index contributed by atoms with van der Waals surface area (Å²) >= 11 is 0. The van der Waals surface area contributed by atoms with Crippen molar-refractivity contribution in [3.8, 4) is 0 Å². The average molecular weight is 271 g/mol. The van der Waals surface area contributed by atoms with Crippen molar-refractivity contribution in [1.82, 2.24) is 4.98 Å². The monoisotopic (exact) mass is 271 g/mol. The number of nitrogens with one attached hydrogen (secondary N) is 1. The van der Waals surface area contributed by atoms with Gasteiger partial charge >= 0.3 is 0 Å². The van der Waals surface area contributed by atoms with E-state index in [9.17, 15) is 0 Å². The first kappa shape index (κ1) is 13.2. The molecule has 1 aromatic carbocycles. The highest BCUT2D eigenvalue weighted by molar-refractivity contribution is 5.98. The fraction of sp³-hybridized carbons (Fsp3) is 0.438. The number of fused-ring (bicyclic) bond motifs is 1. The quantitative estimate of drug-likeness (QED) is 0.600. The van der Waals surface area contributed by atoms with E-state index >= 15 is 0 Å². The number of nitrogen functional groups attached to an aromatic ring is 1. The lowest BCUT2D eigenvalue weighted by atomic mass is 10.1. The van der Waals surface area contributed by atoms with Gasteiger partial charge in [-0.2, -0.15) is 0 Å². The van der Waals surface area contributed by atoms with Crippen molar-refractivity contribution in [2.24, 2.45) is 5.92 Å². The largest absolute Gasteiger partial charge is 0.397 e. The van der Waals surface area contributed by atoms with Gasteiger partial charge in [-0.15, -0.1) is 0 Å². The highest BCUT2D eigenvalue weighted by Crippen LogP contribution is 2.29. The molecule has 3 rings (SSSR count). The Morgan fingerprint density at radius 2 is 2.20 bits per heavy atom. The maximum absolute atomic E-state index is 6.19. The second-order valence-corrected chi connectivity index (χ2v) is 5.42. The molecule has 1 aromatic heterocycles. The molecule has 1 aliphatic rings. The third-order valence-electron chi connectivity index (χ3n) is 3.69. The van der Waals surface area contributed by atoms with Crippen molar-refractivity contribution in [2.45, 2.75) is 19.3 Å². The first-order valence-corrected chi connectivity index (χ1v) is 7.28. The normalized spacial score (nSPS) is 14.6. The first-order chi connectivity index (χ1) is 9.84. The van der Waals surface area contributed by atoms with E-state index in [4.69, 9.17) is 10.5 Å². The lowest BCUT2D eigenvalue weighted by Crippen LogP contribution is -2.08. The Hall–Kier alpha value is -1.81. The molecule has 2 aromatic rings. The summed E-state index contributed by atoms with van der Waals surface area (Å²) in [4.78, 5) is 4.11. The number of anilines is 2. The number of benzene rings is 1. The fourth-order valence-electron chi connectivity index (χ4n) is 2.28. The molecule has 0 spiro atoms. The van der Waals surface area contributed by atoms with Crippen LogP contribution < -0.4 is 11.1 Å². The zero-order chi connectivity index (χ0) is 13.8. The van der Waals surface area contributed by atoms with Gasteiger partial charge in [-0.05, 0) is 37.3 Å². The van der Waals surface area contributed by atoms with Crippen LogP contribution in [-0.2, 0) is 4.74 Å². The summed E-state index contributed by atoms with van der Waals surface area (Å²) in [7, 11) is 0. The van der Waals surface area contributed by atoms with E-state index in [2.05, 4.69) is 10.3 Å². The molecule has 1 aliphatic carbocycles. The first-order valence-electron chi connectivity index (χ1n) is 7.28. The van der Waals surface area contributed by atoms with Gasteiger partial charge in [0.25, 0.3) is 0 Å². The van der Waals surface area contributed by atoms with Crippen LogP contribution in [0.5, 0.6) is 0 Å². The minimum Gasteiger partial charge on any atom is -0.397 e. The van der Waals surface area contributed by atoms with Crippen LogP contribution in [0.25, 0.3) is 10.8 Å². The van der Waals surface area contributed by atoms with E-state index in [-0.39, 0.29) is 0 Å². The Kier molecular flexibility index (Phi) is 4.02. The lowest BCUT2D eigenvalue weighted by molar-refractivity contribution is 0.124. The average Bonchev–Trinajstić information content (AvgIpc) is 3.29. The molecule has 106 valence electrons. The molecule has 0 amide bonds. The van der Waals surface area contributed by atoms with Gasteiger partial charge in [0.1, 0.15) is 0 Å². The third-order valence-corrected chi connectivity index (χ3v) is 3.69. The van der Waals surface area contributed by atoms with Crippen molar-refractivity contribution in [1.29, 1.82) is 0 Å². The van der Waals surface area contributed by atoms with Gasteiger partial charge in [0.05, 0.1) is 11.4 Å². The van der Waals surface area contributed by atoms with Crippen LogP contribution in [0.4, 0.5) is 11.4 Å². The van der Waals surface area contributed by atoms with Crippen LogP contribution in [0, 0.1) is 5.92 Å². The minimum atomic E-state index is 0.795. The van der Waals surface area contributed by atoms with Crippen LogP contribution >= 0.6 is 0 Å². The van der Waals surface area contributed by atoms with E-state index in [1.54, 1.807) is 6.20 Å². The van der Waals surface area contributed by atoms with Crippen molar-refractivity contribution in [3.05, 3.63) is 30.6 Å². The maximum atomic E-state index is 6.19. The minimum absolute atomic E-state index is 0.795. The number of pyridine rings is 1. The Bertz CT molecular complexity index is 581. The van der Waals surface area contributed by atoms with Crippen molar-refractivity contribution < 1.29 is 4.74 Å². The molecule has 0 radical (unpaired) electrons. The molecule has 1 heterocycles. The third kappa shape index (κ3) is 3.20. The van der Waals surface area contributed by atoms with E-state index in [0.29, 0.717) is 0 Å². The molecule has 1 fully saturated rings. The summed E-state index contributed by atoms with van der Waals surface area (Å²) in [6.45, 7) is 2.64. The van der Waals surface area contributed by atoms with E-state index in [1.165, 1.54) is 12.8 Å². The van der Waals surface area contributed by atoms with Gasteiger partial charge in [0, 0.05) is 42.9 Å². The zero-order valence-corrected chi connectivity index (χ0v) is 11.6. The molecule has 4 nitrogen and oxygen atoms in total. The van der Waals surface area contributed by atoms with Crippen LogP contribution in [0.3, 0.4) is 0 Å². The summed E-state index contributed by atoms with van der Waals surface area (Å²) in [5.74, 6) is 0.840. The molecule has 0 unspecified atom stereocenters. The summed E-state index contributed by atoms with van der Waals surface area (Å²) < 4.78 is 5.62. The number of ether oxygens (including phenoxy) is 1. The summed E-state index contributed by atoms with van der Waals surface area (Å²) in [6.07, 6.45) is 7.30. The number of rotatable bonds is 7. The van der Waals surface area contributed by atoms with E-state index in [0.717, 1.165) is 54.2 Å². The molecule has 0 saturated heterocycles. The molecular weight excluding hydrogens is 250 g/mol. The smallest absolute Gasteiger partial charge is 0.0630 e. The van der Waals surface area contributed by atoms with Gasteiger partial charge in [0.15, 0.2) is 0 Å². The predicted octanol–water partition coefficient (Wildman–Crippen LogP) is 3.05. The van der Waals surface area contributed by atoms with Crippen molar-refractivity contribution >= 4 is 22.1 Å². The number of aromatic nitrogens is 1. The highest BCUT2D eigenvalue weighted by Gasteiger charge is 2.20. The van der Waals surface area contributed by atoms with Crippen LogP contribution in [0.1, 0.15) is 19.3 Å². The summed E-state index contributed by atoms with van der Waals surface area (Å²) in [5.41, 5.74) is 7.97. The second kappa shape index (κ2) is 6.09. The topological polar surface area (TPSA) is 60.2 Å². The second-order valence-electron chi connectivity index (χ2n) is 5.42. The Morgan fingerprint density at radius 3 is 3.05 bits per heavy atom. The highest BCUT2D eigenvalue weighted by atomic mass is 16.5. The van der Waals surface area contributed by atoms with Crippen LogP contribution in [0.15, 0.2) is 30.6 Å². The summed E-state index contributed by atoms with van der Waals surface area (Å²) in [6, 6.07) is 6.02. The standard InChI is InChI=1S/C16H21N3O/c17-16-14-6-8-18-10-13(14)4-5-15(16)19-7-1-9-20-11-12-2-3-12/h4-6,8,10,12,19H,1-3,7,9,11,17H2. The Balaban J connectivity index is 1.50. The molecule has 4 heteroatoms. The van der Waals surface area contributed by atoms with Gasteiger partial charge < -0.3 is 15.8 Å². The fourth-order valence-corrected chi connectivity index (χ4v) is 2.28. The molecule has 20 heavy (non-hydrogen) atoms.